The van der Waals surface area contributed by atoms with Crippen molar-refractivity contribution in [3.63, 3.8) is 0 Å². The minimum Gasteiger partial charge on any atom is -0.744 e. The van der Waals surface area contributed by atoms with Crippen LogP contribution in [0.4, 0.5) is 5.69 Å². The van der Waals surface area contributed by atoms with Crippen LogP contribution in [0.2, 0.25) is 0 Å². The molecule has 190 valence electrons. The normalized spacial score (nSPS) is 16.4. The third kappa shape index (κ3) is 5.11. The van der Waals surface area contributed by atoms with E-state index < -0.39 is 15.5 Å². The molecule has 0 fully saturated rings. The molecule has 0 saturated carbocycles. The molecular weight excluding hydrogens is 468 g/mol. The maximum Gasteiger partial charge on any atom is 0.213 e. The maximum atomic E-state index is 11.6. The van der Waals surface area contributed by atoms with Crippen molar-refractivity contribution < 1.29 is 17.5 Å². The van der Waals surface area contributed by atoms with E-state index in [2.05, 4.69) is 91.9 Å². The first-order valence-electron chi connectivity index (χ1n) is 12.9. The van der Waals surface area contributed by atoms with Crippen molar-refractivity contribution in [2.45, 2.75) is 70.2 Å². The molecule has 1 aliphatic heterocycles. The molecule has 6 heteroatoms. The highest BCUT2D eigenvalue weighted by Gasteiger charge is 2.39. The van der Waals surface area contributed by atoms with Gasteiger partial charge < -0.3 is 9.45 Å². The molecule has 3 aromatic rings. The molecule has 5 nitrogen and oxygen atoms in total. The number of nitrogens with zero attached hydrogens (tertiary/aromatic N) is 2. The van der Waals surface area contributed by atoms with E-state index in [0.29, 0.717) is 0 Å². The first-order chi connectivity index (χ1) is 17.2. The summed E-state index contributed by atoms with van der Waals surface area (Å²) in [7, 11) is -4.51. The van der Waals surface area contributed by atoms with Crippen LogP contribution in [-0.4, -0.2) is 19.5 Å². The number of fused-ring (bicyclic) bond motifs is 2. The van der Waals surface area contributed by atoms with Crippen LogP contribution in [0.1, 0.15) is 64.5 Å². The SMILES string of the molecule is CCCCCC[n+]1ccc(C=CC=C2N(CC)c3ccc(S(=O)(=O)[O-])cc3C2(C)C)c2ccccc21. The van der Waals surface area contributed by atoms with Gasteiger partial charge in [-0.1, -0.05) is 57.9 Å². The number of unbranched alkanes of at least 4 members (excludes halogenated alkanes) is 3. The molecule has 2 heterocycles. The molecule has 0 spiro atoms. The molecule has 0 N–H and O–H groups in total. The highest BCUT2D eigenvalue weighted by atomic mass is 32.2. The largest absolute Gasteiger partial charge is 0.744 e. The summed E-state index contributed by atoms with van der Waals surface area (Å²) in [6.45, 7) is 10.2. The summed E-state index contributed by atoms with van der Waals surface area (Å²) >= 11 is 0. The number of aryl methyl sites for hydroxylation is 1. The van der Waals surface area contributed by atoms with E-state index in [-0.39, 0.29) is 4.90 Å². The first-order valence-corrected chi connectivity index (χ1v) is 14.3. The summed E-state index contributed by atoms with van der Waals surface area (Å²) in [5.41, 5.74) is 4.83. The van der Waals surface area contributed by atoms with Gasteiger partial charge in [0.05, 0.1) is 10.3 Å². The van der Waals surface area contributed by atoms with Crippen molar-refractivity contribution in [1.29, 1.82) is 0 Å². The van der Waals surface area contributed by atoms with Gasteiger partial charge in [-0.3, -0.25) is 0 Å². The second-order valence-electron chi connectivity index (χ2n) is 9.96. The number of para-hydroxylation sites is 1. The van der Waals surface area contributed by atoms with Gasteiger partial charge in [-0.05, 0) is 54.8 Å². The van der Waals surface area contributed by atoms with E-state index in [1.165, 1.54) is 48.7 Å². The summed E-state index contributed by atoms with van der Waals surface area (Å²) in [6, 6.07) is 15.4. The summed E-state index contributed by atoms with van der Waals surface area (Å²) in [6.07, 6.45) is 13.4. The molecule has 0 bridgehead atoms. The number of benzene rings is 2. The molecule has 0 saturated heterocycles. The van der Waals surface area contributed by atoms with Crippen LogP contribution in [0.25, 0.3) is 17.0 Å². The number of allylic oxidation sites excluding steroid dienone is 3. The van der Waals surface area contributed by atoms with Gasteiger partial charge in [0.25, 0.3) is 0 Å². The first kappa shape index (κ1) is 26.1. The lowest BCUT2D eigenvalue weighted by atomic mass is 9.83. The molecular formula is C30H36N2O3S. The molecule has 4 rings (SSSR count). The van der Waals surface area contributed by atoms with Crippen molar-refractivity contribution >= 4 is 32.8 Å². The van der Waals surface area contributed by atoms with Crippen LogP contribution in [-0.2, 0) is 22.1 Å². The quantitative estimate of drug-likeness (QED) is 0.194. The summed E-state index contributed by atoms with van der Waals surface area (Å²) in [5, 5.41) is 1.22. The average molecular weight is 505 g/mol. The van der Waals surface area contributed by atoms with Gasteiger partial charge in [-0.25, -0.2) is 8.42 Å². The maximum absolute atomic E-state index is 11.6. The average Bonchev–Trinajstić information content (AvgIpc) is 3.07. The monoisotopic (exact) mass is 504 g/mol. The van der Waals surface area contributed by atoms with Gasteiger partial charge in [0.15, 0.2) is 6.20 Å². The van der Waals surface area contributed by atoms with Gasteiger partial charge in [0.2, 0.25) is 5.52 Å². The fourth-order valence-corrected chi connectivity index (χ4v) is 5.75. The summed E-state index contributed by atoms with van der Waals surface area (Å²) < 4.78 is 37.2. The zero-order chi connectivity index (χ0) is 25.9. The van der Waals surface area contributed by atoms with E-state index >= 15 is 0 Å². The van der Waals surface area contributed by atoms with Crippen LogP contribution in [0.3, 0.4) is 0 Å². The van der Waals surface area contributed by atoms with E-state index in [0.717, 1.165) is 35.6 Å². The summed E-state index contributed by atoms with van der Waals surface area (Å²) in [4.78, 5) is 2.01. The molecule has 0 radical (unpaired) electrons. The second-order valence-corrected chi connectivity index (χ2v) is 11.3. The number of likely N-dealkylation sites (N-methyl/N-ethyl adjacent to an activating group) is 1. The third-order valence-electron chi connectivity index (χ3n) is 7.21. The van der Waals surface area contributed by atoms with Crippen LogP contribution in [0, 0.1) is 0 Å². The minimum absolute atomic E-state index is 0.180. The third-order valence-corrected chi connectivity index (χ3v) is 8.04. The van der Waals surface area contributed by atoms with Crippen LogP contribution in [0.5, 0.6) is 0 Å². The predicted molar refractivity (Wildman–Crippen MR) is 146 cm³/mol. The van der Waals surface area contributed by atoms with Gasteiger partial charge in [-0.2, -0.15) is 4.57 Å². The molecule has 36 heavy (non-hydrogen) atoms. The van der Waals surface area contributed by atoms with Crippen molar-refractivity contribution in [2.24, 2.45) is 0 Å². The van der Waals surface area contributed by atoms with E-state index in [9.17, 15) is 13.0 Å². The molecule has 0 amide bonds. The lowest BCUT2D eigenvalue weighted by Gasteiger charge is -2.25. The van der Waals surface area contributed by atoms with Crippen molar-refractivity contribution in [3.8, 4) is 0 Å². The fraction of sp³-hybridized carbons (Fsp3) is 0.367. The lowest BCUT2D eigenvalue weighted by Crippen LogP contribution is -2.34. The van der Waals surface area contributed by atoms with Crippen LogP contribution in [0.15, 0.2) is 77.5 Å². The second kappa shape index (κ2) is 10.6. The van der Waals surface area contributed by atoms with Gasteiger partial charge >= 0.3 is 0 Å². The predicted octanol–water partition coefficient (Wildman–Crippen LogP) is 6.33. The summed E-state index contributed by atoms with van der Waals surface area (Å²) in [5.74, 6) is 0. The zero-order valence-electron chi connectivity index (χ0n) is 21.7. The highest BCUT2D eigenvalue weighted by molar-refractivity contribution is 7.85. The van der Waals surface area contributed by atoms with Crippen LogP contribution >= 0.6 is 0 Å². The number of aromatic nitrogens is 1. The van der Waals surface area contributed by atoms with E-state index in [1.54, 1.807) is 6.07 Å². The Balaban J connectivity index is 1.66. The fourth-order valence-electron chi connectivity index (χ4n) is 5.25. The number of anilines is 1. The van der Waals surface area contributed by atoms with Crippen molar-refractivity contribution in [3.05, 3.63) is 83.7 Å². The lowest BCUT2D eigenvalue weighted by molar-refractivity contribution is -0.671. The van der Waals surface area contributed by atoms with Gasteiger partial charge in [0, 0.05) is 41.9 Å². The Morgan fingerprint density at radius 2 is 1.81 bits per heavy atom. The Labute approximate surface area is 215 Å². The Morgan fingerprint density at radius 1 is 1.03 bits per heavy atom. The Morgan fingerprint density at radius 3 is 2.53 bits per heavy atom. The van der Waals surface area contributed by atoms with Crippen LogP contribution < -0.4 is 9.47 Å². The van der Waals surface area contributed by atoms with Gasteiger partial charge in [0.1, 0.15) is 16.7 Å². The van der Waals surface area contributed by atoms with E-state index in [4.69, 9.17) is 0 Å². The Hall–Kier alpha value is -2.96. The molecule has 1 aromatic heterocycles. The molecule has 2 aromatic carbocycles. The molecule has 0 unspecified atom stereocenters. The molecule has 0 aliphatic carbocycles. The number of hydrogen-bond donors (Lipinski definition) is 0. The zero-order valence-corrected chi connectivity index (χ0v) is 22.5. The topological polar surface area (TPSA) is 64.3 Å². The number of rotatable bonds is 9. The smallest absolute Gasteiger partial charge is 0.213 e. The Kier molecular flexibility index (Phi) is 7.67. The number of pyridine rings is 1. The minimum atomic E-state index is -4.51. The van der Waals surface area contributed by atoms with Crippen molar-refractivity contribution in [2.75, 3.05) is 11.4 Å². The standard InChI is InChI=1S/C30H36N2O3S/c1-5-7-8-11-20-31-21-19-23(25-14-9-10-15-27(25)31)13-12-16-29-30(3,4)26-22-24(36(33,34)35)17-18-28(26)32(29)6-2/h9-10,12-19,21-22H,5-8,11,20H2,1-4H3. The Bertz CT molecular complexity index is 1420. The number of hydrogen-bond acceptors (Lipinski definition) is 4. The molecule has 1 aliphatic rings. The van der Waals surface area contributed by atoms with E-state index in [1.807, 2.05) is 0 Å². The van der Waals surface area contributed by atoms with Crippen molar-refractivity contribution in [1.82, 2.24) is 0 Å². The van der Waals surface area contributed by atoms with Gasteiger partial charge in [-0.15, -0.1) is 0 Å². The highest BCUT2D eigenvalue weighted by Crippen LogP contribution is 2.48. The molecule has 0 atom stereocenters.